The first-order chi connectivity index (χ1) is 22.3. The van der Waals surface area contributed by atoms with Gasteiger partial charge in [-0.1, -0.05) is 30.3 Å². The standard InChI is InChI=1S/C37H49N7O3/c1-25-10-8-11-26-12-9-13-31(32(25)26)41-18-16-29-30(23-41)39-34(46-24-28-15-19-44(28)36(2,3)4)40-33(29)42-20-21-43(27(22-42)14-17-38)35(45)47-37(5,6)7/h8-13,27-28H,14-16,18-24H2,1-7H3/t27-,28?/m0/s1. The number of ether oxygens (including phenoxy) is 2. The fourth-order valence-corrected chi connectivity index (χ4v) is 7.25. The summed E-state index contributed by atoms with van der Waals surface area (Å²) in [7, 11) is 0. The molecular weight excluding hydrogens is 590 g/mol. The molecule has 250 valence electrons. The van der Waals surface area contributed by atoms with E-state index in [1.807, 2.05) is 20.8 Å². The zero-order chi connectivity index (χ0) is 33.5. The van der Waals surface area contributed by atoms with Crippen LogP contribution in [0.5, 0.6) is 6.01 Å². The van der Waals surface area contributed by atoms with Crippen LogP contribution in [0.3, 0.4) is 0 Å². The van der Waals surface area contributed by atoms with Crippen molar-refractivity contribution >= 4 is 28.4 Å². The summed E-state index contributed by atoms with van der Waals surface area (Å²) in [6, 6.07) is 15.7. The van der Waals surface area contributed by atoms with Crippen LogP contribution in [-0.4, -0.2) is 88.4 Å². The maximum Gasteiger partial charge on any atom is 0.410 e. The minimum absolute atomic E-state index is 0.0782. The van der Waals surface area contributed by atoms with Crippen LogP contribution in [0.2, 0.25) is 0 Å². The SMILES string of the molecule is Cc1cccc2cccc(N3CCc4c(nc(OCC5CCN5C(C)(C)C)nc4N4CCN(C(=O)OC(C)(C)C)[C@@H](CC#N)C4)C3)c12. The highest BCUT2D eigenvalue weighted by molar-refractivity contribution is 5.97. The molecule has 3 aliphatic heterocycles. The Balaban J connectivity index is 1.31. The molecule has 1 amide bonds. The molecule has 2 saturated heterocycles. The van der Waals surface area contributed by atoms with Crippen molar-refractivity contribution in [2.24, 2.45) is 0 Å². The topological polar surface area (TPSA) is 98.1 Å². The summed E-state index contributed by atoms with van der Waals surface area (Å²) >= 11 is 0. The van der Waals surface area contributed by atoms with Gasteiger partial charge in [0, 0.05) is 60.9 Å². The molecule has 0 bridgehead atoms. The van der Waals surface area contributed by atoms with E-state index < -0.39 is 5.60 Å². The number of nitriles is 1. The first-order valence-corrected chi connectivity index (χ1v) is 17.0. The largest absolute Gasteiger partial charge is 0.462 e. The van der Waals surface area contributed by atoms with Gasteiger partial charge in [0.25, 0.3) is 0 Å². The van der Waals surface area contributed by atoms with E-state index >= 15 is 0 Å². The number of aryl methyl sites for hydroxylation is 1. The third-order valence-corrected chi connectivity index (χ3v) is 9.60. The second-order valence-corrected chi connectivity index (χ2v) is 15.1. The number of piperazine rings is 1. The highest BCUT2D eigenvalue weighted by Crippen LogP contribution is 2.36. The van der Waals surface area contributed by atoms with Crippen molar-refractivity contribution in [1.82, 2.24) is 19.8 Å². The highest BCUT2D eigenvalue weighted by Gasteiger charge is 2.38. The molecule has 3 aromatic rings. The lowest BCUT2D eigenvalue weighted by molar-refractivity contribution is -0.0224. The van der Waals surface area contributed by atoms with Crippen LogP contribution in [0, 0.1) is 18.3 Å². The number of amides is 1. The Bertz CT molecular complexity index is 1670. The van der Waals surface area contributed by atoms with Crippen molar-refractivity contribution in [1.29, 1.82) is 5.26 Å². The smallest absolute Gasteiger partial charge is 0.410 e. The molecule has 0 N–H and O–H groups in total. The fourth-order valence-electron chi connectivity index (χ4n) is 7.25. The monoisotopic (exact) mass is 639 g/mol. The fraction of sp³-hybridized carbons (Fsp3) is 0.568. The van der Waals surface area contributed by atoms with Crippen molar-refractivity contribution in [3.8, 4) is 12.1 Å². The lowest BCUT2D eigenvalue weighted by atomic mass is 9.94. The third kappa shape index (κ3) is 6.96. The molecule has 4 heterocycles. The van der Waals surface area contributed by atoms with Gasteiger partial charge in [0.1, 0.15) is 18.0 Å². The summed E-state index contributed by atoms with van der Waals surface area (Å²) in [6.07, 6.45) is 1.70. The maximum absolute atomic E-state index is 13.1. The molecule has 1 unspecified atom stereocenters. The Morgan fingerprint density at radius 1 is 0.979 bits per heavy atom. The summed E-state index contributed by atoms with van der Waals surface area (Å²) in [6.45, 7) is 19.1. The third-order valence-electron chi connectivity index (χ3n) is 9.60. The van der Waals surface area contributed by atoms with Crippen LogP contribution in [-0.2, 0) is 17.7 Å². The number of fused-ring (bicyclic) bond motifs is 2. The van der Waals surface area contributed by atoms with E-state index in [1.54, 1.807) is 4.90 Å². The normalized spacial score (nSPS) is 20.4. The van der Waals surface area contributed by atoms with E-state index in [9.17, 15) is 10.1 Å². The molecule has 3 aliphatic rings. The van der Waals surface area contributed by atoms with Gasteiger partial charge < -0.3 is 24.2 Å². The summed E-state index contributed by atoms with van der Waals surface area (Å²) in [5, 5.41) is 12.2. The highest BCUT2D eigenvalue weighted by atomic mass is 16.6. The van der Waals surface area contributed by atoms with Crippen molar-refractivity contribution in [3.63, 3.8) is 0 Å². The van der Waals surface area contributed by atoms with E-state index in [0.29, 0.717) is 44.8 Å². The Labute approximate surface area is 279 Å². The van der Waals surface area contributed by atoms with Crippen molar-refractivity contribution in [3.05, 3.63) is 53.2 Å². The van der Waals surface area contributed by atoms with Gasteiger partial charge in [0.05, 0.1) is 30.8 Å². The Morgan fingerprint density at radius 3 is 2.43 bits per heavy atom. The molecule has 47 heavy (non-hydrogen) atoms. The van der Waals surface area contributed by atoms with Gasteiger partial charge in [0.2, 0.25) is 0 Å². The quantitative estimate of drug-likeness (QED) is 0.317. The van der Waals surface area contributed by atoms with Crippen LogP contribution in [0.25, 0.3) is 10.8 Å². The number of carbonyl (C=O) groups excluding carboxylic acids is 1. The zero-order valence-corrected chi connectivity index (χ0v) is 29.0. The molecule has 10 heteroatoms. The number of aromatic nitrogens is 2. The van der Waals surface area contributed by atoms with Crippen LogP contribution >= 0.6 is 0 Å². The second kappa shape index (κ2) is 12.8. The number of nitrogens with zero attached hydrogens (tertiary/aromatic N) is 7. The molecule has 2 aromatic carbocycles. The van der Waals surface area contributed by atoms with E-state index in [2.05, 4.69) is 84.9 Å². The van der Waals surface area contributed by atoms with Gasteiger partial charge in [-0.15, -0.1) is 0 Å². The van der Waals surface area contributed by atoms with Crippen LogP contribution in [0.15, 0.2) is 36.4 Å². The van der Waals surface area contributed by atoms with E-state index in [4.69, 9.17) is 19.4 Å². The first-order valence-electron chi connectivity index (χ1n) is 17.0. The van der Waals surface area contributed by atoms with Gasteiger partial charge in [0.15, 0.2) is 0 Å². The van der Waals surface area contributed by atoms with Gasteiger partial charge in [-0.2, -0.15) is 15.2 Å². The van der Waals surface area contributed by atoms with Crippen molar-refractivity contribution in [2.45, 2.75) is 97.5 Å². The van der Waals surface area contributed by atoms with Gasteiger partial charge in [-0.05, 0) is 78.3 Å². The molecule has 0 radical (unpaired) electrons. The number of benzene rings is 2. The zero-order valence-electron chi connectivity index (χ0n) is 29.0. The second-order valence-electron chi connectivity index (χ2n) is 15.1. The Hall–Kier alpha value is -4.10. The summed E-state index contributed by atoms with van der Waals surface area (Å²) in [4.78, 5) is 32.0. The van der Waals surface area contributed by atoms with Crippen molar-refractivity contribution in [2.75, 3.05) is 49.1 Å². The molecule has 0 saturated carbocycles. The average Bonchev–Trinajstić information content (AvgIpc) is 2.98. The van der Waals surface area contributed by atoms with Gasteiger partial charge >= 0.3 is 12.1 Å². The number of likely N-dealkylation sites (tertiary alicyclic amines) is 1. The predicted octanol–water partition coefficient (Wildman–Crippen LogP) is 6.09. The summed E-state index contributed by atoms with van der Waals surface area (Å²) < 4.78 is 12.1. The summed E-state index contributed by atoms with van der Waals surface area (Å²) in [5.41, 5.74) is 4.02. The first kappa shape index (κ1) is 32.8. The van der Waals surface area contributed by atoms with E-state index in [-0.39, 0.29) is 24.1 Å². The number of hydrogen-bond donors (Lipinski definition) is 0. The molecule has 6 rings (SSSR count). The van der Waals surface area contributed by atoms with Crippen molar-refractivity contribution < 1.29 is 14.3 Å². The van der Waals surface area contributed by atoms with Crippen LogP contribution < -0.4 is 14.5 Å². The molecular formula is C37H49N7O3. The minimum Gasteiger partial charge on any atom is -0.462 e. The Kier molecular flexibility index (Phi) is 8.96. The molecule has 0 aliphatic carbocycles. The van der Waals surface area contributed by atoms with Crippen LogP contribution in [0.1, 0.15) is 71.2 Å². The average molecular weight is 640 g/mol. The molecule has 1 aromatic heterocycles. The van der Waals surface area contributed by atoms with E-state index in [0.717, 1.165) is 43.0 Å². The maximum atomic E-state index is 13.1. The van der Waals surface area contributed by atoms with Crippen LogP contribution in [0.4, 0.5) is 16.3 Å². The molecule has 2 fully saturated rings. The number of hydrogen-bond acceptors (Lipinski definition) is 9. The lowest BCUT2D eigenvalue weighted by Gasteiger charge is -2.49. The van der Waals surface area contributed by atoms with Gasteiger partial charge in [-0.25, -0.2) is 4.79 Å². The molecule has 2 atom stereocenters. The van der Waals surface area contributed by atoms with Gasteiger partial charge in [-0.3, -0.25) is 4.90 Å². The number of carbonyl (C=O) groups is 1. The summed E-state index contributed by atoms with van der Waals surface area (Å²) in [5.74, 6) is 0.854. The minimum atomic E-state index is -0.610. The van der Waals surface area contributed by atoms with E-state index in [1.165, 1.54) is 22.0 Å². The molecule has 0 spiro atoms. The number of anilines is 2. The number of rotatable bonds is 6. The predicted molar refractivity (Wildman–Crippen MR) is 185 cm³/mol. The lowest BCUT2D eigenvalue weighted by Crippen LogP contribution is -2.59. The molecule has 10 nitrogen and oxygen atoms in total. The Morgan fingerprint density at radius 2 is 1.74 bits per heavy atom.